The topological polar surface area (TPSA) is 131 Å². The fraction of sp³-hybridized carbons (Fsp3) is 0.400. The van der Waals surface area contributed by atoms with Crippen LogP contribution < -0.4 is 21.7 Å². The van der Waals surface area contributed by atoms with Gasteiger partial charge in [0.25, 0.3) is 11.8 Å². The smallest absolute Gasteiger partial charge is 0.272 e. The van der Waals surface area contributed by atoms with Gasteiger partial charge in [-0.3, -0.25) is 19.3 Å². The molecule has 0 aliphatic carbocycles. The molecule has 5 N–H and O–H groups in total. The second-order valence-corrected chi connectivity index (χ2v) is 8.72. The predicted octanol–water partition coefficient (Wildman–Crippen LogP) is 2.39. The van der Waals surface area contributed by atoms with Gasteiger partial charge in [-0.25, -0.2) is 0 Å². The molecule has 0 unspecified atom stereocenters. The lowest BCUT2D eigenvalue weighted by atomic mass is 10.0. The fourth-order valence-electron chi connectivity index (χ4n) is 2.82. The maximum absolute atomic E-state index is 13.5. The van der Waals surface area contributed by atoms with Crippen LogP contribution in [0.3, 0.4) is 0 Å². The average Bonchev–Trinajstić information content (AvgIpc) is 2.98. The Kier molecular flexibility index (Phi) is 6.32. The minimum Gasteiger partial charge on any atom is -0.395 e. The summed E-state index contributed by atoms with van der Waals surface area (Å²) in [5, 5.41) is 2.90. The number of benzene rings is 1. The zero-order chi connectivity index (χ0) is 22.1. The molecule has 0 spiro atoms. The third kappa shape index (κ3) is 4.73. The first kappa shape index (κ1) is 22.4. The highest BCUT2D eigenvalue weighted by atomic mass is 32.1. The highest BCUT2D eigenvalue weighted by Crippen LogP contribution is 2.30. The first-order valence-electron chi connectivity index (χ1n) is 9.12. The lowest BCUT2D eigenvalue weighted by molar-refractivity contribution is -0.123. The van der Waals surface area contributed by atoms with Gasteiger partial charge in [0.05, 0.1) is 5.69 Å². The summed E-state index contributed by atoms with van der Waals surface area (Å²) in [4.78, 5) is 39.3. The number of carbonyl (C=O) groups is 3. The van der Waals surface area contributed by atoms with Crippen LogP contribution in [-0.4, -0.2) is 33.7 Å². The number of primary amides is 1. The monoisotopic (exact) mass is 417 g/mol. The third-order valence-corrected chi connectivity index (χ3v) is 5.33. The molecule has 0 saturated carbocycles. The first-order valence-corrected chi connectivity index (χ1v) is 9.89. The Bertz CT molecular complexity index is 962. The van der Waals surface area contributed by atoms with E-state index in [1.807, 2.05) is 46.8 Å². The van der Waals surface area contributed by atoms with Crippen LogP contribution in [0.15, 0.2) is 18.2 Å². The molecule has 0 saturated heterocycles. The third-order valence-electron chi connectivity index (χ3n) is 4.47. The van der Waals surface area contributed by atoms with Crippen LogP contribution >= 0.6 is 11.5 Å². The molecule has 156 valence electrons. The molecular weight excluding hydrogens is 390 g/mol. The summed E-state index contributed by atoms with van der Waals surface area (Å²) in [6.07, 6.45) is 0. The lowest BCUT2D eigenvalue weighted by Crippen LogP contribution is -2.53. The van der Waals surface area contributed by atoms with Crippen molar-refractivity contribution in [3.8, 4) is 0 Å². The molecule has 0 aliphatic rings. The maximum atomic E-state index is 13.5. The number of anilines is 2. The van der Waals surface area contributed by atoms with Crippen molar-refractivity contribution < 1.29 is 14.4 Å². The van der Waals surface area contributed by atoms with E-state index in [2.05, 4.69) is 9.69 Å². The van der Waals surface area contributed by atoms with Crippen molar-refractivity contribution >= 4 is 40.6 Å². The molecule has 1 heterocycles. The molecule has 9 heteroatoms. The molecule has 2 rings (SSSR count). The molecule has 0 aliphatic heterocycles. The molecule has 3 amide bonds. The molecule has 0 fully saturated rings. The van der Waals surface area contributed by atoms with Gasteiger partial charge in [0.1, 0.15) is 10.9 Å². The lowest BCUT2D eigenvalue weighted by Gasteiger charge is -2.32. The van der Waals surface area contributed by atoms with E-state index in [0.29, 0.717) is 5.69 Å². The number of nitrogens with one attached hydrogen (secondary N) is 1. The van der Waals surface area contributed by atoms with Crippen LogP contribution in [0.25, 0.3) is 0 Å². The number of hydrogen-bond acceptors (Lipinski definition) is 6. The normalized spacial score (nSPS) is 12.3. The molecule has 29 heavy (non-hydrogen) atoms. The minimum atomic E-state index is -0.833. The van der Waals surface area contributed by atoms with Crippen molar-refractivity contribution in [2.75, 3.05) is 10.6 Å². The standard InChI is InChI=1S/C20H27N5O3S/c1-10-8-7-9-13(11(10)2)25(12(3)18(27)23-20(4,5)6)19(28)16-14(21)15(17(22)26)24-29-16/h7-9,12H,21H2,1-6H3,(H2,22,26)(H,23,27)/t12-/m0/s1. The number of aryl methyl sites for hydroxylation is 1. The van der Waals surface area contributed by atoms with E-state index >= 15 is 0 Å². The molecule has 8 nitrogen and oxygen atoms in total. The van der Waals surface area contributed by atoms with Crippen LogP contribution in [0.5, 0.6) is 0 Å². The molecule has 1 aromatic carbocycles. The van der Waals surface area contributed by atoms with Crippen molar-refractivity contribution in [1.29, 1.82) is 0 Å². The number of nitrogen functional groups attached to an aromatic ring is 1. The Hall–Kier alpha value is -2.94. The van der Waals surface area contributed by atoms with Crippen LogP contribution in [0.1, 0.15) is 59.0 Å². The Morgan fingerprint density at radius 2 is 1.83 bits per heavy atom. The number of carbonyl (C=O) groups excluding carboxylic acids is 3. The van der Waals surface area contributed by atoms with E-state index in [1.54, 1.807) is 13.0 Å². The van der Waals surface area contributed by atoms with Gasteiger partial charge in [-0.2, -0.15) is 4.37 Å². The van der Waals surface area contributed by atoms with Gasteiger partial charge in [0.15, 0.2) is 5.69 Å². The van der Waals surface area contributed by atoms with Crippen LogP contribution in [0, 0.1) is 13.8 Å². The van der Waals surface area contributed by atoms with E-state index in [-0.39, 0.29) is 22.2 Å². The Morgan fingerprint density at radius 3 is 2.34 bits per heavy atom. The molecule has 2 aromatic rings. The predicted molar refractivity (Wildman–Crippen MR) is 115 cm³/mol. The number of nitrogens with zero attached hydrogens (tertiary/aromatic N) is 2. The minimum absolute atomic E-state index is 0.0649. The van der Waals surface area contributed by atoms with Crippen molar-refractivity contribution in [2.24, 2.45) is 5.73 Å². The number of amides is 3. The summed E-state index contributed by atoms with van der Waals surface area (Å²) >= 11 is 0.789. The number of rotatable bonds is 5. The fourth-order valence-corrected chi connectivity index (χ4v) is 3.56. The van der Waals surface area contributed by atoms with E-state index in [9.17, 15) is 14.4 Å². The molecule has 1 atom stereocenters. The van der Waals surface area contributed by atoms with E-state index in [4.69, 9.17) is 11.5 Å². The molecule has 1 aromatic heterocycles. The van der Waals surface area contributed by atoms with Crippen LogP contribution in [0.4, 0.5) is 11.4 Å². The number of hydrogen-bond donors (Lipinski definition) is 3. The van der Waals surface area contributed by atoms with Gasteiger partial charge < -0.3 is 16.8 Å². The Labute approximate surface area is 174 Å². The van der Waals surface area contributed by atoms with Crippen molar-refractivity contribution in [3.05, 3.63) is 39.9 Å². The largest absolute Gasteiger partial charge is 0.395 e. The first-order chi connectivity index (χ1) is 13.3. The van der Waals surface area contributed by atoms with Gasteiger partial charge in [0, 0.05) is 11.2 Å². The number of aromatic nitrogens is 1. The van der Waals surface area contributed by atoms with Crippen molar-refractivity contribution in [1.82, 2.24) is 9.69 Å². The van der Waals surface area contributed by atoms with Gasteiger partial charge in [-0.1, -0.05) is 12.1 Å². The van der Waals surface area contributed by atoms with Gasteiger partial charge in [-0.15, -0.1) is 0 Å². The van der Waals surface area contributed by atoms with Crippen molar-refractivity contribution in [3.63, 3.8) is 0 Å². The SMILES string of the molecule is Cc1cccc(N(C(=O)c2snc(C(N)=O)c2N)[C@@H](C)C(=O)NC(C)(C)C)c1C. The van der Waals surface area contributed by atoms with E-state index < -0.39 is 23.4 Å². The number of nitrogens with two attached hydrogens (primary N) is 2. The van der Waals surface area contributed by atoms with E-state index in [1.165, 1.54) is 4.90 Å². The van der Waals surface area contributed by atoms with Crippen LogP contribution in [0.2, 0.25) is 0 Å². The summed E-state index contributed by atoms with van der Waals surface area (Å²) in [5.74, 6) is -1.64. The highest BCUT2D eigenvalue weighted by molar-refractivity contribution is 7.09. The van der Waals surface area contributed by atoms with Gasteiger partial charge in [0.2, 0.25) is 5.91 Å². The summed E-state index contributed by atoms with van der Waals surface area (Å²) < 4.78 is 3.91. The molecular formula is C20H27N5O3S. The average molecular weight is 418 g/mol. The second-order valence-electron chi connectivity index (χ2n) is 7.95. The second kappa shape index (κ2) is 8.20. The Balaban J connectivity index is 2.58. The molecule has 0 radical (unpaired) electrons. The Morgan fingerprint density at radius 1 is 1.21 bits per heavy atom. The zero-order valence-electron chi connectivity index (χ0n) is 17.5. The summed E-state index contributed by atoms with van der Waals surface area (Å²) in [5.41, 5.74) is 13.0. The van der Waals surface area contributed by atoms with E-state index in [0.717, 1.165) is 22.7 Å². The van der Waals surface area contributed by atoms with Crippen molar-refractivity contribution in [2.45, 2.75) is 53.1 Å². The quantitative estimate of drug-likeness (QED) is 0.687. The summed E-state index contributed by atoms with van der Waals surface area (Å²) in [6, 6.07) is 4.68. The van der Waals surface area contributed by atoms with Crippen LogP contribution in [-0.2, 0) is 4.79 Å². The maximum Gasteiger partial charge on any atom is 0.272 e. The highest BCUT2D eigenvalue weighted by Gasteiger charge is 2.34. The van der Waals surface area contributed by atoms with Gasteiger partial charge in [-0.05, 0) is 70.3 Å². The van der Waals surface area contributed by atoms with Gasteiger partial charge >= 0.3 is 0 Å². The molecule has 0 bridgehead atoms. The summed E-state index contributed by atoms with van der Waals surface area (Å²) in [6.45, 7) is 11.0. The zero-order valence-corrected chi connectivity index (χ0v) is 18.3. The summed E-state index contributed by atoms with van der Waals surface area (Å²) in [7, 11) is 0.